The summed E-state index contributed by atoms with van der Waals surface area (Å²) >= 11 is 5.84. The van der Waals surface area contributed by atoms with Gasteiger partial charge in [0.25, 0.3) is 0 Å². The van der Waals surface area contributed by atoms with Gasteiger partial charge in [0, 0.05) is 0 Å². The summed E-state index contributed by atoms with van der Waals surface area (Å²) in [6.07, 6.45) is 0. The van der Waals surface area contributed by atoms with Crippen LogP contribution in [0.1, 0.15) is 12.5 Å². The molecule has 0 aliphatic rings. The molecule has 0 aliphatic carbocycles. The Labute approximate surface area is 71.9 Å². The molecule has 0 saturated carbocycles. The highest BCUT2D eigenvalue weighted by Gasteiger charge is 1.98. The average molecular weight is 170 g/mol. The number of hydrogen-bond acceptors (Lipinski definition) is 1. The third-order valence-corrected chi connectivity index (χ3v) is 1.59. The monoisotopic (exact) mass is 169 g/mol. The fraction of sp³-hybridized carbons (Fsp3) is 0.222. The van der Waals surface area contributed by atoms with Crippen molar-refractivity contribution in [1.29, 1.82) is 0 Å². The van der Waals surface area contributed by atoms with E-state index in [0.717, 1.165) is 11.3 Å². The Kier molecular flexibility index (Phi) is 2.77. The topological polar surface area (TPSA) is 9.23 Å². The van der Waals surface area contributed by atoms with Gasteiger partial charge >= 0.3 is 0 Å². The third-order valence-electron chi connectivity index (χ3n) is 1.30. The first-order valence-electron chi connectivity index (χ1n) is 3.48. The first-order valence-corrected chi connectivity index (χ1v) is 3.86. The second-order valence-corrected chi connectivity index (χ2v) is 2.60. The molecule has 0 heterocycles. The fourth-order valence-electron chi connectivity index (χ4n) is 0.817. The Bertz CT molecular complexity index is 245. The van der Waals surface area contributed by atoms with E-state index in [-0.39, 0.29) is 0 Å². The quantitative estimate of drug-likeness (QED) is 0.662. The minimum absolute atomic E-state index is 0.624. The SMILES string of the molecule is [CH2]c1ccc(OCC)c(Cl)c1. The van der Waals surface area contributed by atoms with Crippen molar-refractivity contribution in [2.45, 2.75) is 6.92 Å². The summed E-state index contributed by atoms with van der Waals surface area (Å²) in [5, 5.41) is 0.624. The number of halogens is 1. The zero-order valence-corrected chi connectivity index (χ0v) is 7.19. The van der Waals surface area contributed by atoms with E-state index in [4.69, 9.17) is 16.3 Å². The molecule has 1 nitrogen and oxygen atoms in total. The molecular formula is C9H10ClO. The molecule has 0 bridgehead atoms. The summed E-state index contributed by atoms with van der Waals surface area (Å²) < 4.78 is 5.23. The Hall–Kier alpha value is -0.690. The van der Waals surface area contributed by atoms with Crippen molar-refractivity contribution in [2.24, 2.45) is 0 Å². The van der Waals surface area contributed by atoms with Crippen molar-refractivity contribution in [3.05, 3.63) is 35.7 Å². The third kappa shape index (κ3) is 2.12. The molecule has 0 aromatic heterocycles. The fourth-order valence-corrected chi connectivity index (χ4v) is 1.07. The van der Waals surface area contributed by atoms with Gasteiger partial charge in [0.2, 0.25) is 0 Å². The van der Waals surface area contributed by atoms with E-state index in [1.54, 1.807) is 6.07 Å². The van der Waals surface area contributed by atoms with Gasteiger partial charge in [-0.05, 0) is 31.5 Å². The zero-order valence-electron chi connectivity index (χ0n) is 6.43. The molecule has 0 aliphatic heterocycles. The Morgan fingerprint density at radius 3 is 2.82 bits per heavy atom. The van der Waals surface area contributed by atoms with E-state index in [9.17, 15) is 0 Å². The standard InChI is InChI=1S/C9H10ClO/c1-3-11-9-5-4-7(2)6-8(9)10/h4-6H,2-3H2,1H3. The molecule has 0 atom stereocenters. The van der Waals surface area contributed by atoms with E-state index in [1.165, 1.54) is 0 Å². The van der Waals surface area contributed by atoms with Crippen molar-refractivity contribution in [3.8, 4) is 5.75 Å². The number of hydrogen-bond donors (Lipinski definition) is 0. The lowest BCUT2D eigenvalue weighted by Crippen LogP contribution is -1.91. The average Bonchev–Trinajstić information content (AvgIpc) is 1.95. The maximum atomic E-state index is 5.84. The predicted octanol–water partition coefficient (Wildman–Crippen LogP) is 2.92. The van der Waals surface area contributed by atoms with Gasteiger partial charge in [-0.2, -0.15) is 0 Å². The largest absolute Gasteiger partial charge is 0.492 e. The van der Waals surface area contributed by atoms with Gasteiger partial charge in [0.05, 0.1) is 11.6 Å². The maximum Gasteiger partial charge on any atom is 0.137 e. The Morgan fingerprint density at radius 2 is 2.27 bits per heavy atom. The minimum Gasteiger partial charge on any atom is -0.492 e. The summed E-state index contributed by atoms with van der Waals surface area (Å²) in [5.41, 5.74) is 0.901. The first-order chi connectivity index (χ1) is 5.24. The van der Waals surface area contributed by atoms with Gasteiger partial charge in [-0.25, -0.2) is 0 Å². The van der Waals surface area contributed by atoms with Crippen LogP contribution in [0.4, 0.5) is 0 Å². The predicted molar refractivity (Wildman–Crippen MR) is 47.1 cm³/mol. The lowest BCUT2D eigenvalue weighted by atomic mass is 10.2. The molecule has 59 valence electrons. The molecule has 2 heteroatoms. The molecule has 11 heavy (non-hydrogen) atoms. The van der Waals surface area contributed by atoms with Crippen LogP contribution < -0.4 is 4.74 Å². The summed E-state index contributed by atoms with van der Waals surface area (Å²) in [5.74, 6) is 0.724. The van der Waals surface area contributed by atoms with Gasteiger partial charge in [-0.15, -0.1) is 0 Å². The maximum absolute atomic E-state index is 5.84. The highest BCUT2D eigenvalue weighted by atomic mass is 35.5. The summed E-state index contributed by atoms with van der Waals surface area (Å²) in [7, 11) is 0. The molecule has 0 fully saturated rings. The van der Waals surface area contributed by atoms with E-state index in [2.05, 4.69) is 6.92 Å². The Morgan fingerprint density at radius 1 is 1.55 bits per heavy atom. The van der Waals surface area contributed by atoms with Crippen molar-refractivity contribution in [1.82, 2.24) is 0 Å². The summed E-state index contributed by atoms with van der Waals surface area (Å²) in [6, 6.07) is 5.48. The number of rotatable bonds is 2. The lowest BCUT2D eigenvalue weighted by Gasteiger charge is -2.04. The van der Waals surface area contributed by atoms with Gasteiger partial charge in [-0.1, -0.05) is 17.7 Å². The van der Waals surface area contributed by atoms with E-state index >= 15 is 0 Å². The van der Waals surface area contributed by atoms with Gasteiger partial charge in [-0.3, -0.25) is 0 Å². The molecule has 1 radical (unpaired) electrons. The van der Waals surface area contributed by atoms with Crippen LogP contribution in [0, 0.1) is 6.92 Å². The molecule has 0 N–H and O–H groups in total. The van der Waals surface area contributed by atoms with E-state index < -0.39 is 0 Å². The molecule has 1 aromatic carbocycles. The summed E-state index contributed by atoms with van der Waals surface area (Å²) in [6.45, 7) is 6.30. The highest BCUT2D eigenvalue weighted by molar-refractivity contribution is 6.32. The Balaban J connectivity index is 2.90. The van der Waals surface area contributed by atoms with Crippen molar-refractivity contribution >= 4 is 11.6 Å². The van der Waals surface area contributed by atoms with Crippen LogP contribution in [0.15, 0.2) is 18.2 Å². The molecule has 0 amide bonds. The van der Waals surface area contributed by atoms with Crippen LogP contribution >= 0.6 is 11.6 Å². The minimum atomic E-state index is 0.624. The van der Waals surface area contributed by atoms with Crippen LogP contribution in [0.25, 0.3) is 0 Å². The number of benzene rings is 1. The lowest BCUT2D eigenvalue weighted by molar-refractivity contribution is 0.340. The van der Waals surface area contributed by atoms with Gasteiger partial charge < -0.3 is 4.74 Å². The molecule has 1 rings (SSSR count). The van der Waals surface area contributed by atoms with Crippen molar-refractivity contribution in [3.63, 3.8) is 0 Å². The van der Waals surface area contributed by atoms with Crippen LogP contribution in [0.2, 0.25) is 5.02 Å². The first kappa shape index (κ1) is 8.41. The van der Waals surface area contributed by atoms with Crippen LogP contribution in [0.3, 0.4) is 0 Å². The van der Waals surface area contributed by atoms with Gasteiger partial charge in [0.15, 0.2) is 0 Å². The molecular weight excluding hydrogens is 160 g/mol. The molecule has 0 unspecified atom stereocenters. The molecule has 1 aromatic rings. The van der Waals surface area contributed by atoms with Crippen LogP contribution in [-0.4, -0.2) is 6.61 Å². The van der Waals surface area contributed by atoms with Crippen LogP contribution in [0.5, 0.6) is 5.75 Å². The second-order valence-electron chi connectivity index (χ2n) is 2.20. The summed E-state index contributed by atoms with van der Waals surface area (Å²) in [4.78, 5) is 0. The second kappa shape index (κ2) is 3.63. The normalized spacial score (nSPS) is 9.73. The highest BCUT2D eigenvalue weighted by Crippen LogP contribution is 2.24. The smallest absolute Gasteiger partial charge is 0.137 e. The molecule has 0 saturated heterocycles. The zero-order chi connectivity index (χ0) is 8.27. The van der Waals surface area contributed by atoms with E-state index in [0.29, 0.717) is 11.6 Å². The van der Waals surface area contributed by atoms with Crippen molar-refractivity contribution in [2.75, 3.05) is 6.61 Å². The van der Waals surface area contributed by atoms with Gasteiger partial charge in [0.1, 0.15) is 5.75 Å². The van der Waals surface area contributed by atoms with Crippen molar-refractivity contribution < 1.29 is 4.74 Å². The van der Waals surface area contributed by atoms with E-state index in [1.807, 2.05) is 19.1 Å². The molecule has 0 spiro atoms. The number of ether oxygens (including phenoxy) is 1. The van der Waals surface area contributed by atoms with Crippen LogP contribution in [-0.2, 0) is 0 Å².